The van der Waals surface area contributed by atoms with E-state index in [1.807, 2.05) is 18.2 Å². The van der Waals surface area contributed by atoms with Crippen molar-refractivity contribution in [2.24, 2.45) is 11.8 Å². The highest BCUT2D eigenvalue weighted by Crippen LogP contribution is 2.40. The summed E-state index contributed by atoms with van der Waals surface area (Å²) in [7, 11) is 0. The molecule has 4 nitrogen and oxygen atoms in total. The predicted octanol–water partition coefficient (Wildman–Crippen LogP) is 4.87. The van der Waals surface area contributed by atoms with Crippen molar-refractivity contribution in [3.8, 4) is 0 Å². The second-order valence-electron chi connectivity index (χ2n) is 7.47. The van der Waals surface area contributed by atoms with Gasteiger partial charge < -0.3 is 15.3 Å². The molecule has 0 aliphatic heterocycles. The van der Waals surface area contributed by atoms with Crippen LogP contribution in [0, 0.1) is 11.8 Å². The number of aliphatic hydroxyl groups is 2. The van der Waals surface area contributed by atoms with Gasteiger partial charge in [0, 0.05) is 16.2 Å². The van der Waals surface area contributed by atoms with Gasteiger partial charge in [-0.15, -0.1) is 22.9 Å². The van der Waals surface area contributed by atoms with E-state index in [0.29, 0.717) is 11.3 Å². The van der Waals surface area contributed by atoms with Crippen molar-refractivity contribution in [2.45, 2.75) is 75.9 Å². The lowest BCUT2D eigenvalue weighted by atomic mass is 9.89. The topological polar surface area (TPSA) is 77.8 Å². The number of aliphatic hydroxyl groups excluding tert-OH is 2. The van der Waals surface area contributed by atoms with Crippen LogP contribution in [0.25, 0.3) is 0 Å². The molecule has 0 amide bonds. The molecule has 1 saturated carbocycles. The molecule has 0 spiro atoms. The average molecular weight is 415 g/mol. The van der Waals surface area contributed by atoms with Crippen LogP contribution >= 0.6 is 22.9 Å². The molecule has 0 bridgehead atoms. The highest BCUT2D eigenvalue weighted by Gasteiger charge is 2.39. The highest BCUT2D eigenvalue weighted by atomic mass is 35.5. The van der Waals surface area contributed by atoms with E-state index in [2.05, 4.69) is 6.92 Å². The fraction of sp³-hybridized carbons (Fsp3) is 0.667. The van der Waals surface area contributed by atoms with E-state index < -0.39 is 18.2 Å². The molecule has 1 heterocycles. The van der Waals surface area contributed by atoms with Crippen LogP contribution < -0.4 is 0 Å². The number of hydrogen-bond donors (Lipinski definition) is 3. The summed E-state index contributed by atoms with van der Waals surface area (Å²) < 4.78 is 0. The first-order valence-electron chi connectivity index (χ1n) is 9.92. The molecule has 2 rings (SSSR count). The van der Waals surface area contributed by atoms with Crippen LogP contribution in [0.4, 0.5) is 0 Å². The molecule has 0 aromatic carbocycles. The molecule has 6 heteroatoms. The number of halogens is 1. The number of carbonyl (C=O) groups is 1. The Morgan fingerprint density at radius 3 is 2.81 bits per heavy atom. The maximum Gasteiger partial charge on any atom is 0.345 e. The monoisotopic (exact) mass is 414 g/mol. The first kappa shape index (κ1) is 22.4. The zero-order valence-electron chi connectivity index (χ0n) is 15.9. The number of rotatable bonds is 11. The fourth-order valence-corrected chi connectivity index (χ4v) is 5.19. The number of carboxylic acids is 1. The summed E-state index contributed by atoms with van der Waals surface area (Å²) in [5.74, 6) is -0.723. The summed E-state index contributed by atoms with van der Waals surface area (Å²) in [5, 5.41) is 29.4. The third kappa shape index (κ3) is 6.90. The Bertz CT molecular complexity index is 615. The number of hydrogen-bond acceptors (Lipinski definition) is 4. The van der Waals surface area contributed by atoms with Crippen LogP contribution in [0.3, 0.4) is 0 Å². The SMILES string of the molecule is CCCCCC(O)/C=C/C1[C@@H](CCCc2ccc(C(=O)O)s2)C(Cl)C[C@H]1O. The van der Waals surface area contributed by atoms with E-state index in [-0.39, 0.29) is 17.2 Å². The summed E-state index contributed by atoms with van der Waals surface area (Å²) >= 11 is 7.80. The second kappa shape index (κ2) is 11.2. The van der Waals surface area contributed by atoms with Crippen LogP contribution in [0.1, 0.15) is 66.4 Å². The third-order valence-corrected chi connectivity index (χ3v) is 7.00. The van der Waals surface area contributed by atoms with Crippen molar-refractivity contribution in [1.82, 2.24) is 0 Å². The Morgan fingerprint density at radius 2 is 2.15 bits per heavy atom. The lowest BCUT2D eigenvalue weighted by Crippen LogP contribution is -2.19. The number of aryl methyl sites for hydroxylation is 1. The summed E-state index contributed by atoms with van der Waals surface area (Å²) in [4.78, 5) is 12.4. The van der Waals surface area contributed by atoms with Gasteiger partial charge in [0.1, 0.15) is 4.88 Å². The first-order valence-corrected chi connectivity index (χ1v) is 11.2. The molecule has 1 aromatic heterocycles. The fourth-order valence-electron chi connectivity index (χ4n) is 3.83. The smallest absolute Gasteiger partial charge is 0.345 e. The van der Waals surface area contributed by atoms with Crippen molar-refractivity contribution in [3.63, 3.8) is 0 Å². The van der Waals surface area contributed by atoms with Crippen LogP contribution in [-0.2, 0) is 6.42 Å². The van der Waals surface area contributed by atoms with Crippen molar-refractivity contribution in [3.05, 3.63) is 34.0 Å². The number of thiophene rings is 1. The van der Waals surface area contributed by atoms with Gasteiger partial charge in [-0.3, -0.25) is 0 Å². The number of aromatic carboxylic acids is 1. The Balaban J connectivity index is 1.85. The molecule has 1 fully saturated rings. The summed E-state index contributed by atoms with van der Waals surface area (Å²) in [5.41, 5.74) is 0. The van der Waals surface area contributed by atoms with Gasteiger partial charge in [-0.1, -0.05) is 38.3 Å². The molecule has 1 aliphatic carbocycles. The largest absolute Gasteiger partial charge is 0.477 e. The Morgan fingerprint density at radius 1 is 1.37 bits per heavy atom. The minimum absolute atomic E-state index is 0.0220. The van der Waals surface area contributed by atoms with Crippen LogP contribution in [0.2, 0.25) is 0 Å². The van der Waals surface area contributed by atoms with E-state index in [9.17, 15) is 15.0 Å². The molecule has 5 atom stereocenters. The van der Waals surface area contributed by atoms with Gasteiger partial charge in [-0.2, -0.15) is 0 Å². The second-order valence-corrected chi connectivity index (χ2v) is 9.20. The molecule has 3 unspecified atom stereocenters. The molecule has 0 radical (unpaired) electrons. The van der Waals surface area contributed by atoms with E-state index in [1.165, 1.54) is 11.3 Å². The van der Waals surface area contributed by atoms with E-state index in [4.69, 9.17) is 16.7 Å². The van der Waals surface area contributed by atoms with Crippen molar-refractivity contribution in [2.75, 3.05) is 0 Å². The van der Waals surface area contributed by atoms with Crippen LogP contribution in [0.5, 0.6) is 0 Å². The highest BCUT2D eigenvalue weighted by molar-refractivity contribution is 7.13. The van der Waals surface area contributed by atoms with Crippen molar-refractivity contribution < 1.29 is 20.1 Å². The maximum atomic E-state index is 11.0. The van der Waals surface area contributed by atoms with Gasteiger partial charge in [-0.05, 0) is 50.2 Å². The van der Waals surface area contributed by atoms with E-state index in [1.54, 1.807) is 6.07 Å². The standard InChI is InChI=1S/C21H31ClO4S/c1-2-3-4-6-14(23)9-11-17-16(18(22)13-19(17)24)8-5-7-15-10-12-20(27-15)21(25)26/h9-12,14,16-19,23-24H,2-8,13H2,1H3,(H,25,26)/b11-9+/t14?,16-,17?,18?,19-/m1/s1. The Labute approximate surface area is 170 Å². The molecular weight excluding hydrogens is 384 g/mol. The molecule has 3 N–H and O–H groups in total. The maximum absolute atomic E-state index is 11.0. The molecule has 0 saturated heterocycles. The minimum Gasteiger partial charge on any atom is -0.477 e. The number of unbranched alkanes of at least 4 members (excludes halogenated alkanes) is 2. The van der Waals surface area contributed by atoms with Crippen molar-refractivity contribution in [1.29, 1.82) is 0 Å². The summed E-state index contributed by atoms with van der Waals surface area (Å²) in [6, 6.07) is 3.53. The normalized spacial score (nSPS) is 26.7. The average Bonchev–Trinajstić information content (AvgIpc) is 3.19. The zero-order chi connectivity index (χ0) is 19.8. The molecule has 1 aliphatic rings. The zero-order valence-corrected chi connectivity index (χ0v) is 17.5. The minimum atomic E-state index is -0.881. The van der Waals surface area contributed by atoms with Crippen LogP contribution in [0.15, 0.2) is 24.3 Å². The lowest BCUT2D eigenvalue weighted by molar-refractivity contribution is 0.0702. The number of carboxylic acid groups (broad SMARTS) is 1. The summed E-state index contributed by atoms with van der Waals surface area (Å²) in [6.07, 6.45) is 10.1. The predicted molar refractivity (Wildman–Crippen MR) is 111 cm³/mol. The third-order valence-electron chi connectivity index (χ3n) is 5.36. The van der Waals surface area contributed by atoms with Gasteiger partial charge in [0.2, 0.25) is 0 Å². The van der Waals surface area contributed by atoms with Gasteiger partial charge in [-0.25, -0.2) is 4.79 Å². The van der Waals surface area contributed by atoms with E-state index >= 15 is 0 Å². The first-order chi connectivity index (χ1) is 12.9. The van der Waals surface area contributed by atoms with E-state index in [0.717, 1.165) is 49.8 Å². The Kier molecular flexibility index (Phi) is 9.30. The molecular formula is C21H31ClO4S. The molecule has 1 aromatic rings. The molecule has 27 heavy (non-hydrogen) atoms. The van der Waals surface area contributed by atoms with Gasteiger partial charge in [0.15, 0.2) is 0 Å². The van der Waals surface area contributed by atoms with Crippen molar-refractivity contribution >= 4 is 28.9 Å². The Hall–Kier alpha value is -0.880. The quantitative estimate of drug-likeness (QED) is 0.274. The summed E-state index contributed by atoms with van der Waals surface area (Å²) in [6.45, 7) is 2.14. The lowest BCUT2D eigenvalue weighted by Gasteiger charge is -2.21. The molecule has 152 valence electrons. The number of alkyl halides is 1. The van der Waals surface area contributed by atoms with Gasteiger partial charge >= 0.3 is 5.97 Å². The van der Waals surface area contributed by atoms with Gasteiger partial charge in [0.25, 0.3) is 0 Å². The van der Waals surface area contributed by atoms with Gasteiger partial charge in [0.05, 0.1) is 12.2 Å². The van der Waals surface area contributed by atoms with Crippen LogP contribution in [-0.4, -0.2) is 38.9 Å².